The number of rotatable bonds is 12. The summed E-state index contributed by atoms with van der Waals surface area (Å²) in [5.41, 5.74) is 5.31. The maximum atomic E-state index is 11.1. The highest BCUT2D eigenvalue weighted by Crippen LogP contribution is 2.37. The van der Waals surface area contributed by atoms with Crippen molar-refractivity contribution in [3.8, 4) is 34.3 Å². The van der Waals surface area contributed by atoms with Crippen LogP contribution < -0.4 is 29.6 Å². The number of halogens is 1. The fourth-order valence-electron chi connectivity index (χ4n) is 4.52. The molecular formula is C32H33ClN4O5. The number of aromatic nitrogens is 2. The Morgan fingerprint density at radius 3 is 2.67 bits per heavy atom. The lowest BCUT2D eigenvalue weighted by atomic mass is 9.99. The van der Waals surface area contributed by atoms with E-state index >= 15 is 0 Å². The Kier molecular flexibility index (Phi) is 9.74. The molecule has 0 fully saturated rings. The molecule has 0 spiro atoms. The molecule has 1 aliphatic heterocycles. The first kappa shape index (κ1) is 29.2. The molecule has 0 atom stereocenters. The van der Waals surface area contributed by atoms with E-state index in [1.54, 1.807) is 12.4 Å². The van der Waals surface area contributed by atoms with Gasteiger partial charge in [-0.25, -0.2) is 4.98 Å². The van der Waals surface area contributed by atoms with E-state index in [0.717, 1.165) is 45.1 Å². The molecule has 1 amide bonds. The van der Waals surface area contributed by atoms with Gasteiger partial charge in [0.25, 0.3) is 0 Å². The fourth-order valence-corrected chi connectivity index (χ4v) is 4.75. The maximum Gasteiger partial charge on any atom is 0.218 e. The van der Waals surface area contributed by atoms with Crippen molar-refractivity contribution >= 4 is 17.5 Å². The third-order valence-electron chi connectivity index (χ3n) is 6.68. The first-order chi connectivity index (χ1) is 20.5. The van der Waals surface area contributed by atoms with Crippen molar-refractivity contribution in [1.29, 1.82) is 0 Å². The molecule has 0 saturated heterocycles. The van der Waals surface area contributed by atoms with Crippen molar-refractivity contribution in [2.45, 2.75) is 33.6 Å². The van der Waals surface area contributed by atoms with Gasteiger partial charge in [0.15, 0.2) is 11.5 Å². The van der Waals surface area contributed by atoms with Crippen LogP contribution in [0.2, 0.25) is 5.02 Å². The normalized spacial score (nSPS) is 12.1. The summed E-state index contributed by atoms with van der Waals surface area (Å²) in [4.78, 5) is 20.1. The molecule has 218 valence electrons. The molecule has 0 radical (unpaired) electrons. The fraction of sp³-hybridized carbons (Fsp3) is 0.281. The first-order valence-electron chi connectivity index (χ1n) is 13.8. The molecule has 2 aromatic carbocycles. The molecule has 42 heavy (non-hydrogen) atoms. The summed E-state index contributed by atoms with van der Waals surface area (Å²) < 4.78 is 23.8. The summed E-state index contributed by atoms with van der Waals surface area (Å²) in [5, 5.41) is 6.54. The zero-order valence-corrected chi connectivity index (χ0v) is 24.4. The molecule has 2 N–H and O–H groups in total. The van der Waals surface area contributed by atoms with Crippen LogP contribution in [0.15, 0.2) is 67.0 Å². The predicted octanol–water partition coefficient (Wildman–Crippen LogP) is 5.26. The van der Waals surface area contributed by atoms with Crippen molar-refractivity contribution in [3.63, 3.8) is 0 Å². The average Bonchev–Trinajstić information content (AvgIpc) is 3.00. The average molecular weight is 589 g/mol. The van der Waals surface area contributed by atoms with Gasteiger partial charge in [-0.15, -0.1) is 0 Å². The van der Waals surface area contributed by atoms with Crippen LogP contribution in [-0.4, -0.2) is 42.2 Å². The number of nitrogens with one attached hydrogen (secondary N) is 2. The lowest BCUT2D eigenvalue weighted by Crippen LogP contribution is -2.30. The van der Waals surface area contributed by atoms with Crippen LogP contribution in [0.25, 0.3) is 11.1 Å². The molecular weight excluding hydrogens is 556 g/mol. The topological polar surface area (TPSA) is 104 Å². The zero-order valence-electron chi connectivity index (χ0n) is 23.6. The number of ether oxygens (including phenoxy) is 4. The van der Waals surface area contributed by atoms with Crippen LogP contribution >= 0.6 is 11.6 Å². The second-order valence-corrected chi connectivity index (χ2v) is 10.2. The molecule has 0 unspecified atom stereocenters. The number of nitrogens with zero attached hydrogens (tertiary/aromatic N) is 2. The Balaban J connectivity index is 1.32. The highest BCUT2D eigenvalue weighted by atomic mass is 35.5. The van der Waals surface area contributed by atoms with Crippen molar-refractivity contribution in [3.05, 3.63) is 94.4 Å². The molecule has 5 rings (SSSR count). The molecule has 0 saturated carbocycles. The monoisotopic (exact) mass is 588 g/mol. The standard InChI is InChI=1S/C32H33ClN4O5/c1-21-26(24-8-9-30-31(16-24)40-14-13-39-30)6-3-7-29(21)41-20-28-27(33)15-25(18-35-11-12-36-22(2)38)32(37-28)42-19-23-5-4-10-34-17-23/h3-10,15-17,35H,11-14,18-20H2,1-2H3,(H,36,38). The van der Waals surface area contributed by atoms with E-state index in [1.807, 2.05) is 55.5 Å². The third kappa shape index (κ3) is 7.48. The van der Waals surface area contributed by atoms with E-state index < -0.39 is 0 Å². The van der Waals surface area contributed by atoms with E-state index in [1.165, 1.54) is 6.92 Å². The van der Waals surface area contributed by atoms with E-state index in [-0.39, 0.29) is 12.5 Å². The number of amides is 1. The minimum absolute atomic E-state index is 0.0709. The molecule has 4 aromatic rings. The van der Waals surface area contributed by atoms with Crippen LogP contribution in [0, 0.1) is 6.92 Å². The number of fused-ring (bicyclic) bond motifs is 1. The maximum absolute atomic E-state index is 11.1. The van der Waals surface area contributed by atoms with Crippen LogP contribution in [0.4, 0.5) is 0 Å². The van der Waals surface area contributed by atoms with Crippen molar-refractivity contribution in [2.75, 3.05) is 26.3 Å². The molecule has 2 aromatic heterocycles. The molecule has 1 aliphatic rings. The third-order valence-corrected chi connectivity index (χ3v) is 7.01. The smallest absolute Gasteiger partial charge is 0.218 e. The van der Waals surface area contributed by atoms with Crippen molar-refractivity contribution < 1.29 is 23.7 Å². The Hall–Kier alpha value is -4.34. The highest BCUT2D eigenvalue weighted by molar-refractivity contribution is 6.31. The quantitative estimate of drug-likeness (QED) is 0.216. The number of hydrogen-bond acceptors (Lipinski definition) is 8. The second kappa shape index (κ2) is 14.0. The Morgan fingerprint density at radius 2 is 1.86 bits per heavy atom. The first-order valence-corrected chi connectivity index (χ1v) is 14.1. The summed E-state index contributed by atoms with van der Waals surface area (Å²) in [6, 6.07) is 17.5. The lowest BCUT2D eigenvalue weighted by Gasteiger charge is -2.20. The van der Waals surface area contributed by atoms with Gasteiger partial charge in [0.2, 0.25) is 11.8 Å². The predicted molar refractivity (Wildman–Crippen MR) is 160 cm³/mol. The van der Waals surface area contributed by atoms with Gasteiger partial charge in [0.1, 0.15) is 37.9 Å². The Labute approximate surface area is 250 Å². The van der Waals surface area contributed by atoms with E-state index in [4.69, 9.17) is 35.5 Å². The summed E-state index contributed by atoms with van der Waals surface area (Å²) in [6.45, 7) is 6.63. The minimum Gasteiger partial charge on any atom is -0.487 e. The van der Waals surface area contributed by atoms with Crippen molar-refractivity contribution in [2.24, 2.45) is 0 Å². The summed E-state index contributed by atoms with van der Waals surface area (Å²) in [5.74, 6) is 2.60. The van der Waals surface area contributed by atoms with E-state index in [2.05, 4.69) is 21.7 Å². The van der Waals surface area contributed by atoms with Crippen LogP contribution in [0.1, 0.15) is 29.3 Å². The Bertz CT molecular complexity index is 1530. The molecule has 0 bridgehead atoms. The van der Waals surface area contributed by atoms with Gasteiger partial charge >= 0.3 is 0 Å². The number of pyridine rings is 2. The van der Waals surface area contributed by atoms with E-state index in [0.29, 0.717) is 56.1 Å². The summed E-state index contributed by atoms with van der Waals surface area (Å²) >= 11 is 6.68. The summed E-state index contributed by atoms with van der Waals surface area (Å²) in [6.07, 6.45) is 3.47. The van der Waals surface area contributed by atoms with Gasteiger partial charge in [0.05, 0.1) is 5.02 Å². The van der Waals surface area contributed by atoms with Crippen LogP contribution in [0.5, 0.6) is 23.1 Å². The van der Waals surface area contributed by atoms with Crippen molar-refractivity contribution in [1.82, 2.24) is 20.6 Å². The SMILES string of the molecule is CC(=O)NCCNCc1cc(Cl)c(COc2cccc(-c3ccc4c(c3)OCCO4)c2C)nc1OCc1cccnc1. The molecule has 10 heteroatoms. The Morgan fingerprint density at radius 1 is 1.00 bits per heavy atom. The second-order valence-electron chi connectivity index (χ2n) is 9.77. The van der Waals surface area contributed by atoms with E-state index in [9.17, 15) is 4.79 Å². The number of benzene rings is 2. The minimum atomic E-state index is -0.0709. The van der Waals surface area contributed by atoms with Crippen LogP contribution in [0.3, 0.4) is 0 Å². The lowest BCUT2D eigenvalue weighted by molar-refractivity contribution is -0.118. The van der Waals surface area contributed by atoms with Gasteiger partial charge in [0, 0.05) is 50.1 Å². The molecule has 9 nitrogen and oxygen atoms in total. The highest BCUT2D eigenvalue weighted by Gasteiger charge is 2.17. The number of carbonyl (C=O) groups is 1. The largest absolute Gasteiger partial charge is 0.487 e. The zero-order chi connectivity index (χ0) is 29.3. The number of carbonyl (C=O) groups excluding carboxylic acids is 1. The molecule has 3 heterocycles. The summed E-state index contributed by atoms with van der Waals surface area (Å²) in [7, 11) is 0. The van der Waals surface area contributed by atoms with Gasteiger partial charge in [-0.3, -0.25) is 9.78 Å². The van der Waals surface area contributed by atoms with Gasteiger partial charge in [-0.05, 0) is 53.9 Å². The van der Waals surface area contributed by atoms with Crippen LogP contribution in [-0.2, 0) is 24.6 Å². The van der Waals surface area contributed by atoms with Gasteiger partial charge in [-0.2, -0.15) is 0 Å². The molecule has 0 aliphatic carbocycles. The van der Waals surface area contributed by atoms with Gasteiger partial charge in [-0.1, -0.05) is 35.9 Å². The van der Waals surface area contributed by atoms with Gasteiger partial charge < -0.3 is 29.6 Å². The number of hydrogen-bond donors (Lipinski definition) is 2.